The Morgan fingerprint density at radius 2 is 2.20 bits per heavy atom. The minimum absolute atomic E-state index is 0.227. The second kappa shape index (κ2) is 6.05. The standard InChI is InChI=1S/C10H20N2O3/c1-2-3-4-5-11-10(15)8-9(14)7(13)6-12-8/h7-9,12-14H,2-6H2,1H3,(H,11,15)/t7-,8-,9-/m0/s1. The van der Waals surface area contributed by atoms with Crippen molar-refractivity contribution in [3.63, 3.8) is 0 Å². The topological polar surface area (TPSA) is 81.6 Å². The van der Waals surface area contributed by atoms with Crippen LogP contribution in [0.25, 0.3) is 0 Å². The molecular formula is C10H20N2O3. The summed E-state index contributed by atoms with van der Waals surface area (Å²) in [5.41, 5.74) is 0. The van der Waals surface area contributed by atoms with Gasteiger partial charge in [0.25, 0.3) is 0 Å². The predicted molar refractivity (Wildman–Crippen MR) is 56.3 cm³/mol. The van der Waals surface area contributed by atoms with Crippen LogP contribution in [0.5, 0.6) is 0 Å². The van der Waals surface area contributed by atoms with Crippen molar-refractivity contribution in [2.75, 3.05) is 13.1 Å². The molecule has 0 unspecified atom stereocenters. The second-order valence-electron chi connectivity index (χ2n) is 3.94. The smallest absolute Gasteiger partial charge is 0.239 e. The Hall–Kier alpha value is -0.650. The quantitative estimate of drug-likeness (QED) is 0.444. The first-order valence-corrected chi connectivity index (χ1v) is 5.54. The normalized spacial score (nSPS) is 30.5. The Bertz CT molecular complexity index is 211. The van der Waals surface area contributed by atoms with Gasteiger partial charge in [-0.15, -0.1) is 0 Å². The molecule has 88 valence electrons. The fourth-order valence-electron chi connectivity index (χ4n) is 1.66. The predicted octanol–water partition coefficient (Wildman–Crippen LogP) is -1.01. The number of β-amino-alcohol motifs (C(OH)–C–C–N with tert-alkyl or cyclic N) is 1. The van der Waals surface area contributed by atoms with Crippen molar-refractivity contribution in [3.05, 3.63) is 0 Å². The van der Waals surface area contributed by atoms with Crippen LogP contribution in [0.1, 0.15) is 26.2 Å². The van der Waals surface area contributed by atoms with Gasteiger partial charge in [-0.05, 0) is 6.42 Å². The van der Waals surface area contributed by atoms with Crippen LogP contribution in [0.4, 0.5) is 0 Å². The Kier molecular flexibility index (Phi) is 5.01. The summed E-state index contributed by atoms with van der Waals surface area (Å²) in [5.74, 6) is -0.227. The maximum Gasteiger partial charge on any atom is 0.239 e. The van der Waals surface area contributed by atoms with Crippen molar-refractivity contribution in [1.82, 2.24) is 10.6 Å². The highest BCUT2D eigenvalue weighted by molar-refractivity contribution is 5.82. The average molecular weight is 216 g/mol. The number of carbonyl (C=O) groups is 1. The number of hydrogen-bond donors (Lipinski definition) is 4. The fraction of sp³-hybridized carbons (Fsp3) is 0.900. The van der Waals surface area contributed by atoms with Gasteiger partial charge in [0.1, 0.15) is 12.1 Å². The van der Waals surface area contributed by atoms with Crippen LogP contribution in [0.2, 0.25) is 0 Å². The van der Waals surface area contributed by atoms with Gasteiger partial charge in [-0.2, -0.15) is 0 Å². The van der Waals surface area contributed by atoms with E-state index in [2.05, 4.69) is 17.6 Å². The molecule has 1 amide bonds. The van der Waals surface area contributed by atoms with Crippen LogP contribution in [0.3, 0.4) is 0 Å². The van der Waals surface area contributed by atoms with Gasteiger partial charge in [0.05, 0.1) is 6.10 Å². The number of amides is 1. The maximum atomic E-state index is 11.5. The summed E-state index contributed by atoms with van der Waals surface area (Å²) < 4.78 is 0. The van der Waals surface area contributed by atoms with Crippen LogP contribution in [0.15, 0.2) is 0 Å². The Morgan fingerprint density at radius 1 is 1.47 bits per heavy atom. The second-order valence-corrected chi connectivity index (χ2v) is 3.94. The maximum absolute atomic E-state index is 11.5. The van der Waals surface area contributed by atoms with E-state index < -0.39 is 18.2 Å². The number of unbranched alkanes of at least 4 members (excludes halogenated alkanes) is 2. The van der Waals surface area contributed by atoms with Gasteiger partial charge in [-0.25, -0.2) is 0 Å². The summed E-state index contributed by atoms with van der Waals surface area (Å²) in [6.45, 7) is 3.00. The lowest BCUT2D eigenvalue weighted by molar-refractivity contribution is -0.125. The monoisotopic (exact) mass is 216 g/mol. The Morgan fingerprint density at radius 3 is 2.73 bits per heavy atom. The number of nitrogens with one attached hydrogen (secondary N) is 2. The molecule has 0 radical (unpaired) electrons. The van der Waals surface area contributed by atoms with Crippen LogP contribution >= 0.6 is 0 Å². The zero-order valence-corrected chi connectivity index (χ0v) is 9.07. The first-order valence-electron chi connectivity index (χ1n) is 5.54. The summed E-state index contributed by atoms with van der Waals surface area (Å²) in [6.07, 6.45) is 1.32. The lowest BCUT2D eigenvalue weighted by Gasteiger charge is -2.15. The zero-order chi connectivity index (χ0) is 11.3. The number of carbonyl (C=O) groups excluding carboxylic acids is 1. The van der Waals surface area contributed by atoms with E-state index in [0.29, 0.717) is 6.54 Å². The first kappa shape index (κ1) is 12.4. The number of rotatable bonds is 5. The SMILES string of the molecule is CCCCCNC(=O)[C@H]1NC[C@H](O)[C@@H]1O. The van der Waals surface area contributed by atoms with Gasteiger partial charge in [0.15, 0.2) is 0 Å². The van der Waals surface area contributed by atoms with Crippen LogP contribution < -0.4 is 10.6 Å². The molecule has 0 saturated carbocycles. The van der Waals surface area contributed by atoms with Crippen LogP contribution in [-0.2, 0) is 4.79 Å². The molecule has 0 aromatic heterocycles. The van der Waals surface area contributed by atoms with Crippen LogP contribution in [-0.4, -0.2) is 47.5 Å². The highest BCUT2D eigenvalue weighted by Gasteiger charge is 2.37. The minimum atomic E-state index is -0.990. The molecule has 1 aliphatic rings. The molecule has 4 N–H and O–H groups in total. The molecule has 0 bridgehead atoms. The van der Waals surface area contributed by atoms with Crippen molar-refractivity contribution in [3.8, 4) is 0 Å². The summed E-state index contributed by atoms with van der Waals surface area (Å²) in [4.78, 5) is 11.5. The largest absolute Gasteiger partial charge is 0.389 e. The van der Waals surface area contributed by atoms with Crippen molar-refractivity contribution >= 4 is 5.91 Å². The van der Waals surface area contributed by atoms with E-state index in [0.717, 1.165) is 19.3 Å². The summed E-state index contributed by atoms with van der Waals surface area (Å²) in [5, 5.41) is 24.2. The van der Waals surface area contributed by atoms with Gasteiger partial charge in [-0.3, -0.25) is 4.79 Å². The average Bonchev–Trinajstić information content (AvgIpc) is 2.55. The van der Waals surface area contributed by atoms with E-state index >= 15 is 0 Å². The molecule has 0 aliphatic carbocycles. The zero-order valence-electron chi connectivity index (χ0n) is 9.07. The highest BCUT2D eigenvalue weighted by Crippen LogP contribution is 2.07. The molecule has 0 aromatic rings. The lowest BCUT2D eigenvalue weighted by atomic mass is 10.1. The minimum Gasteiger partial charge on any atom is -0.389 e. The van der Waals surface area contributed by atoms with Crippen molar-refractivity contribution in [1.29, 1.82) is 0 Å². The summed E-state index contributed by atoms with van der Waals surface area (Å²) in [6, 6.07) is -0.665. The molecule has 0 spiro atoms. The number of hydrogen-bond acceptors (Lipinski definition) is 4. The summed E-state index contributed by atoms with van der Waals surface area (Å²) in [7, 11) is 0. The molecule has 5 nitrogen and oxygen atoms in total. The van der Waals surface area contributed by atoms with Crippen LogP contribution in [0, 0.1) is 0 Å². The van der Waals surface area contributed by atoms with E-state index in [1.807, 2.05) is 0 Å². The molecule has 1 rings (SSSR count). The molecule has 15 heavy (non-hydrogen) atoms. The van der Waals surface area contributed by atoms with Crippen molar-refractivity contribution < 1.29 is 15.0 Å². The highest BCUT2D eigenvalue weighted by atomic mass is 16.3. The molecule has 3 atom stereocenters. The van der Waals surface area contributed by atoms with E-state index in [-0.39, 0.29) is 12.5 Å². The third kappa shape index (κ3) is 3.44. The molecule has 1 saturated heterocycles. The molecular weight excluding hydrogens is 196 g/mol. The number of aliphatic hydroxyl groups is 2. The molecule has 5 heteroatoms. The number of aliphatic hydroxyl groups excluding tert-OH is 2. The lowest BCUT2D eigenvalue weighted by Crippen LogP contribution is -2.47. The molecule has 1 aliphatic heterocycles. The molecule has 0 aromatic carbocycles. The molecule has 1 fully saturated rings. The summed E-state index contributed by atoms with van der Waals surface area (Å²) >= 11 is 0. The first-order chi connectivity index (χ1) is 7.16. The van der Waals surface area contributed by atoms with Gasteiger partial charge < -0.3 is 20.8 Å². The third-order valence-corrected chi connectivity index (χ3v) is 2.64. The van der Waals surface area contributed by atoms with Gasteiger partial charge >= 0.3 is 0 Å². The Labute approximate surface area is 89.9 Å². The van der Waals surface area contributed by atoms with E-state index in [4.69, 9.17) is 0 Å². The molecule has 1 heterocycles. The van der Waals surface area contributed by atoms with Crippen molar-refractivity contribution in [2.45, 2.75) is 44.4 Å². The van der Waals surface area contributed by atoms with Crippen molar-refractivity contribution in [2.24, 2.45) is 0 Å². The van der Waals surface area contributed by atoms with E-state index in [1.54, 1.807) is 0 Å². The Balaban J connectivity index is 2.22. The van der Waals surface area contributed by atoms with E-state index in [1.165, 1.54) is 0 Å². The van der Waals surface area contributed by atoms with Gasteiger partial charge in [-0.1, -0.05) is 19.8 Å². The fourth-order valence-corrected chi connectivity index (χ4v) is 1.66. The van der Waals surface area contributed by atoms with Gasteiger partial charge in [0, 0.05) is 13.1 Å². The third-order valence-electron chi connectivity index (χ3n) is 2.64. The van der Waals surface area contributed by atoms with Gasteiger partial charge in [0.2, 0.25) is 5.91 Å². The van der Waals surface area contributed by atoms with E-state index in [9.17, 15) is 15.0 Å².